The molecule has 132 valence electrons. The number of nitrogens with zero attached hydrogens (tertiary/aromatic N) is 1. The summed E-state index contributed by atoms with van der Waals surface area (Å²) in [5, 5.41) is 13.3. The molecule has 1 amide bonds. The normalized spacial score (nSPS) is 16.5. The summed E-state index contributed by atoms with van der Waals surface area (Å²) < 4.78 is 5.40. The molecule has 1 aromatic rings. The maximum Gasteiger partial charge on any atom is 0.410 e. The molecule has 2 N–H and O–H groups in total. The van der Waals surface area contributed by atoms with Gasteiger partial charge in [0.25, 0.3) is 0 Å². The third kappa shape index (κ3) is 5.27. The van der Waals surface area contributed by atoms with Gasteiger partial charge in [-0.2, -0.15) is 0 Å². The molecule has 24 heavy (non-hydrogen) atoms. The molecule has 5 heteroatoms. The van der Waals surface area contributed by atoms with Gasteiger partial charge >= 0.3 is 6.09 Å². The second-order valence-electron chi connectivity index (χ2n) is 7.20. The number of nitrogens with one attached hydrogen (secondary N) is 1. The Morgan fingerprint density at radius 1 is 1.38 bits per heavy atom. The van der Waals surface area contributed by atoms with Crippen molar-refractivity contribution < 1.29 is 14.6 Å². The molecular formula is C19H28N2O3. The van der Waals surface area contributed by atoms with E-state index in [9.17, 15) is 9.90 Å². The van der Waals surface area contributed by atoms with Gasteiger partial charge in [-0.05, 0) is 40.2 Å². The van der Waals surface area contributed by atoms with Gasteiger partial charge in [0.15, 0.2) is 0 Å². The highest BCUT2D eigenvalue weighted by molar-refractivity contribution is 5.68. The number of rotatable bonds is 4. The molecule has 0 saturated carbocycles. The zero-order valence-electron chi connectivity index (χ0n) is 15.0. The molecule has 1 atom stereocenters. The number of para-hydroxylation sites is 1. The van der Waals surface area contributed by atoms with Gasteiger partial charge < -0.3 is 20.1 Å². The van der Waals surface area contributed by atoms with Crippen LogP contribution in [0.25, 0.3) is 0 Å². The first-order valence-corrected chi connectivity index (χ1v) is 8.43. The number of benzene rings is 1. The van der Waals surface area contributed by atoms with E-state index in [0.717, 1.165) is 18.5 Å². The molecular weight excluding hydrogens is 304 g/mol. The molecule has 0 radical (unpaired) electrons. The summed E-state index contributed by atoms with van der Waals surface area (Å²) in [5.74, 6) is 0.311. The molecule has 1 unspecified atom stereocenters. The fraction of sp³-hybridized carbons (Fsp3) is 0.526. The molecule has 0 aromatic heterocycles. The van der Waals surface area contributed by atoms with Gasteiger partial charge in [0.1, 0.15) is 11.4 Å². The average molecular weight is 332 g/mol. The van der Waals surface area contributed by atoms with Crippen LogP contribution in [0.15, 0.2) is 35.9 Å². The Bertz CT molecular complexity index is 605. The molecule has 0 bridgehead atoms. The van der Waals surface area contributed by atoms with Crippen molar-refractivity contribution in [3.8, 4) is 5.75 Å². The highest BCUT2D eigenvalue weighted by Crippen LogP contribution is 2.23. The first-order chi connectivity index (χ1) is 11.3. The smallest absolute Gasteiger partial charge is 0.410 e. The van der Waals surface area contributed by atoms with Gasteiger partial charge in [0.2, 0.25) is 0 Å². The average Bonchev–Trinajstić information content (AvgIpc) is 2.52. The summed E-state index contributed by atoms with van der Waals surface area (Å²) in [4.78, 5) is 13.8. The van der Waals surface area contributed by atoms with E-state index in [4.69, 9.17) is 4.74 Å². The number of carbonyl (C=O) groups is 1. The summed E-state index contributed by atoms with van der Waals surface area (Å²) in [6, 6.07) is 7.43. The molecule has 0 saturated heterocycles. The van der Waals surface area contributed by atoms with E-state index in [-0.39, 0.29) is 12.1 Å². The predicted molar refractivity (Wildman–Crippen MR) is 95.0 cm³/mol. The van der Waals surface area contributed by atoms with Crippen molar-refractivity contribution in [1.82, 2.24) is 10.2 Å². The second-order valence-corrected chi connectivity index (χ2v) is 7.20. The summed E-state index contributed by atoms with van der Waals surface area (Å²) in [6.07, 6.45) is 2.66. The maximum absolute atomic E-state index is 12.0. The Balaban J connectivity index is 1.83. The standard InChI is InChI=1S/C19H28N2O3/c1-14(16-7-5-6-8-17(16)22)20-13-15-9-11-21(12-10-15)18(23)24-19(2,3)4/h5-9,14,20,22H,10-13H2,1-4H3. The zero-order valence-corrected chi connectivity index (χ0v) is 15.0. The van der Waals surface area contributed by atoms with E-state index in [1.54, 1.807) is 11.0 Å². The first-order valence-electron chi connectivity index (χ1n) is 8.43. The third-order valence-corrected chi connectivity index (χ3v) is 3.99. The Kier molecular flexibility index (Phi) is 5.89. The monoisotopic (exact) mass is 332 g/mol. The largest absolute Gasteiger partial charge is 0.508 e. The fourth-order valence-corrected chi connectivity index (χ4v) is 2.61. The van der Waals surface area contributed by atoms with Crippen LogP contribution in [-0.4, -0.2) is 41.3 Å². The van der Waals surface area contributed by atoms with E-state index >= 15 is 0 Å². The van der Waals surface area contributed by atoms with E-state index < -0.39 is 5.60 Å². The van der Waals surface area contributed by atoms with Gasteiger partial charge in [-0.25, -0.2) is 4.79 Å². The van der Waals surface area contributed by atoms with Gasteiger partial charge in [-0.1, -0.05) is 29.8 Å². The topological polar surface area (TPSA) is 61.8 Å². The fourth-order valence-electron chi connectivity index (χ4n) is 2.61. The SMILES string of the molecule is CC(NCC1=CCN(C(=O)OC(C)(C)C)CC1)c1ccccc1O. The molecule has 0 fully saturated rings. The summed E-state index contributed by atoms with van der Waals surface area (Å²) >= 11 is 0. The van der Waals surface area contributed by atoms with Crippen LogP contribution in [0.3, 0.4) is 0 Å². The minimum atomic E-state index is -0.463. The third-order valence-electron chi connectivity index (χ3n) is 3.99. The zero-order chi connectivity index (χ0) is 17.7. The molecule has 1 heterocycles. The van der Waals surface area contributed by atoms with Crippen molar-refractivity contribution in [2.24, 2.45) is 0 Å². The van der Waals surface area contributed by atoms with Crippen LogP contribution in [0.4, 0.5) is 4.79 Å². The number of hydrogen-bond acceptors (Lipinski definition) is 4. The Hall–Kier alpha value is -2.01. The van der Waals surface area contributed by atoms with Gasteiger partial charge in [-0.3, -0.25) is 0 Å². The number of phenolic OH excluding ortho intramolecular Hbond substituents is 1. The second kappa shape index (κ2) is 7.71. The van der Waals surface area contributed by atoms with Crippen LogP contribution in [-0.2, 0) is 4.74 Å². The number of phenols is 1. The molecule has 1 aliphatic heterocycles. The predicted octanol–water partition coefficient (Wildman–Crippen LogP) is 3.61. The maximum atomic E-state index is 12.0. The van der Waals surface area contributed by atoms with Crippen molar-refractivity contribution in [1.29, 1.82) is 0 Å². The minimum absolute atomic E-state index is 0.0657. The molecule has 0 aliphatic carbocycles. The van der Waals surface area contributed by atoms with E-state index in [0.29, 0.717) is 18.8 Å². The van der Waals surface area contributed by atoms with Crippen LogP contribution in [0.1, 0.15) is 45.7 Å². The molecule has 5 nitrogen and oxygen atoms in total. The van der Waals surface area contributed by atoms with E-state index in [1.165, 1.54) is 5.57 Å². The van der Waals surface area contributed by atoms with Gasteiger partial charge in [0, 0.05) is 31.2 Å². The molecule has 2 rings (SSSR count). The van der Waals surface area contributed by atoms with Crippen molar-refractivity contribution in [2.45, 2.75) is 45.8 Å². The van der Waals surface area contributed by atoms with Crippen LogP contribution in [0, 0.1) is 0 Å². The summed E-state index contributed by atoms with van der Waals surface area (Å²) in [5.41, 5.74) is 1.71. The lowest BCUT2D eigenvalue weighted by atomic mass is 10.1. The number of ether oxygens (including phenoxy) is 1. The van der Waals surface area contributed by atoms with E-state index in [2.05, 4.69) is 11.4 Å². The van der Waals surface area contributed by atoms with Crippen molar-refractivity contribution in [3.63, 3.8) is 0 Å². The quantitative estimate of drug-likeness (QED) is 0.827. The highest BCUT2D eigenvalue weighted by atomic mass is 16.6. The summed E-state index contributed by atoms with van der Waals surface area (Å²) in [6.45, 7) is 9.66. The van der Waals surface area contributed by atoms with Gasteiger partial charge in [-0.15, -0.1) is 0 Å². The Labute approximate surface area is 144 Å². The Morgan fingerprint density at radius 3 is 2.67 bits per heavy atom. The van der Waals surface area contributed by atoms with Crippen molar-refractivity contribution >= 4 is 6.09 Å². The highest BCUT2D eigenvalue weighted by Gasteiger charge is 2.23. The lowest BCUT2D eigenvalue weighted by Crippen LogP contribution is -2.40. The van der Waals surface area contributed by atoms with Crippen LogP contribution >= 0.6 is 0 Å². The van der Waals surface area contributed by atoms with Crippen LogP contribution in [0.5, 0.6) is 5.75 Å². The summed E-state index contributed by atoms with van der Waals surface area (Å²) in [7, 11) is 0. The lowest BCUT2D eigenvalue weighted by molar-refractivity contribution is 0.0265. The van der Waals surface area contributed by atoms with Crippen molar-refractivity contribution in [2.75, 3.05) is 19.6 Å². The van der Waals surface area contributed by atoms with E-state index in [1.807, 2.05) is 45.9 Å². The first kappa shape index (κ1) is 18.3. The van der Waals surface area contributed by atoms with Crippen LogP contribution < -0.4 is 5.32 Å². The van der Waals surface area contributed by atoms with Crippen LogP contribution in [0.2, 0.25) is 0 Å². The number of amides is 1. The number of hydrogen-bond donors (Lipinski definition) is 2. The number of carbonyl (C=O) groups excluding carboxylic acids is 1. The van der Waals surface area contributed by atoms with Gasteiger partial charge in [0.05, 0.1) is 0 Å². The number of aromatic hydroxyl groups is 1. The lowest BCUT2D eigenvalue weighted by Gasteiger charge is -2.30. The minimum Gasteiger partial charge on any atom is -0.508 e. The Morgan fingerprint density at radius 2 is 2.08 bits per heavy atom. The van der Waals surface area contributed by atoms with Crippen molar-refractivity contribution in [3.05, 3.63) is 41.5 Å². The molecule has 1 aliphatic rings. The molecule has 0 spiro atoms. The molecule has 1 aromatic carbocycles.